The monoisotopic (exact) mass is 643 g/mol. The highest BCUT2D eigenvalue weighted by atomic mass is 28.4. The number of hydrogen-bond donors (Lipinski definition) is 0. The summed E-state index contributed by atoms with van der Waals surface area (Å²) in [5, 5.41) is 7.25. The summed E-state index contributed by atoms with van der Waals surface area (Å²) in [4.78, 5) is 13.3. The van der Waals surface area contributed by atoms with Crippen molar-refractivity contribution in [2.45, 2.75) is 135 Å². The lowest BCUT2D eigenvalue weighted by Crippen LogP contribution is -2.66. The van der Waals surface area contributed by atoms with Crippen LogP contribution < -0.4 is 10.4 Å². The number of benzene rings is 2. The first-order valence-corrected chi connectivity index (χ1v) is 19.7. The molecule has 250 valence electrons. The van der Waals surface area contributed by atoms with Gasteiger partial charge in [-0.05, 0) is 98.9 Å². The Morgan fingerprint density at radius 3 is 2.00 bits per heavy atom. The first-order valence-electron chi connectivity index (χ1n) is 17.7. The highest BCUT2D eigenvalue weighted by Gasteiger charge is 2.50. The smallest absolute Gasteiger partial charge is 0.306 e. The van der Waals surface area contributed by atoms with Crippen LogP contribution in [0.3, 0.4) is 0 Å². The molecule has 0 saturated heterocycles. The number of hydrogen-bond acceptors (Lipinski definition) is 5. The van der Waals surface area contributed by atoms with Crippen molar-refractivity contribution in [2.75, 3.05) is 6.61 Å². The van der Waals surface area contributed by atoms with E-state index in [4.69, 9.17) is 18.8 Å². The highest BCUT2D eigenvalue weighted by Crippen LogP contribution is 2.53. The molecule has 0 radical (unpaired) electrons. The average Bonchev–Trinajstić information content (AvgIpc) is 3.71. The van der Waals surface area contributed by atoms with Crippen molar-refractivity contribution in [1.82, 2.24) is 5.16 Å². The molecule has 3 aromatic rings. The van der Waals surface area contributed by atoms with Crippen LogP contribution in [0.15, 0.2) is 65.2 Å². The zero-order chi connectivity index (χ0) is 33.1. The number of esters is 1. The second kappa shape index (κ2) is 14.2. The molecular weight excluding hydrogens is 587 g/mol. The summed E-state index contributed by atoms with van der Waals surface area (Å²) >= 11 is 0. The Bertz CT molecular complexity index is 1370. The number of ether oxygens (including phenoxy) is 1. The summed E-state index contributed by atoms with van der Waals surface area (Å²) < 4.78 is 19.3. The van der Waals surface area contributed by atoms with E-state index < -0.39 is 13.9 Å². The molecule has 46 heavy (non-hydrogen) atoms. The van der Waals surface area contributed by atoms with Gasteiger partial charge in [0.1, 0.15) is 11.4 Å². The summed E-state index contributed by atoms with van der Waals surface area (Å²) in [5.74, 6) is 3.35. The van der Waals surface area contributed by atoms with Crippen LogP contribution in [0.2, 0.25) is 5.04 Å². The van der Waals surface area contributed by atoms with E-state index in [-0.39, 0.29) is 16.9 Å². The molecule has 0 aliphatic heterocycles. The summed E-state index contributed by atoms with van der Waals surface area (Å²) in [6.45, 7) is 18.0. The standard InChI is InChI=1S/C40H57NO4Si/c1-28(2)24-29-25-32(26-29)38-36(30-21-22-30)37(41-45-38)31(27-35(42)44-39(3,4)5)16-15-23-43-46(40(6,7)8,33-17-11-9-12-18-33)34-19-13-10-14-20-34/h9-14,17-20,28-32H,15-16,21-27H2,1-8H3/t29-,31-,32+/m0/s1. The van der Waals surface area contributed by atoms with E-state index in [9.17, 15) is 4.79 Å². The van der Waals surface area contributed by atoms with Gasteiger partial charge in [0, 0.05) is 24.0 Å². The van der Waals surface area contributed by atoms with Crippen molar-refractivity contribution in [1.29, 1.82) is 0 Å². The summed E-state index contributed by atoms with van der Waals surface area (Å²) in [7, 11) is -2.64. The lowest BCUT2D eigenvalue weighted by atomic mass is 9.69. The molecule has 5 nitrogen and oxygen atoms in total. The summed E-state index contributed by atoms with van der Waals surface area (Å²) in [5.41, 5.74) is 1.79. The minimum Gasteiger partial charge on any atom is -0.460 e. The van der Waals surface area contributed by atoms with Crippen molar-refractivity contribution < 1.29 is 18.5 Å². The van der Waals surface area contributed by atoms with E-state index >= 15 is 0 Å². The molecule has 2 aliphatic rings. The highest BCUT2D eigenvalue weighted by molar-refractivity contribution is 6.99. The molecule has 2 fully saturated rings. The van der Waals surface area contributed by atoms with Gasteiger partial charge < -0.3 is 13.7 Å². The zero-order valence-corrected chi connectivity index (χ0v) is 30.6. The maximum atomic E-state index is 13.3. The van der Waals surface area contributed by atoms with Gasteiger partial charge >= 0.3 is 5.97 Å². The lowest BCUT2D eigenvalue weighted by molar-refractivity contribution is -0.155. The molecule has 0 bridgehead atoms. The van der Waals surface area contributed by atoms with E-state index in [0.717, 1.165) is 36.1 Å². The van der Waals surface area contributed by atoms with Crippen molar-refractivity contribution >= 4 is 24.7 Å². The van der Waals surface area contributed by atoms with Crippen molar-refractivity contribution in [2.24, 2.45) is 11.8 Å². The third-order valence-electron chi connectivity index (χ3n) is 9.83. The van der Waals surface area contributed by atoms with Crippen LogP contribution in [0, 0.1) is 11.8 Å². The Balaban J connectivity index is 1.38. The lowest BCUT2D eigenvalue weighted by Gasteiger charge is -2.43. The van der Waals surface area contributed by atoms with E-state index in [0.29, 0.717) is 24.9 Å². The predicted octanol–water partition coefficient (Wildman–Crippen LogP) is 9.26. The predicted molar refractivity (Wildman–Crippen MR) is 189 cm³/mol. The molecule has 0 unspecified atom stereocenters. The van der Waals surface area contributed by atoms with E-state index in [1.165, 1.54) is 48.0 Å². The molecule has 5 rings (SSSR count). The van der Waals surface area contributed by atoms with Gasteiger partial charge in [-0.25, -0.2) is 0 Å². The molecule has 0 amide bonds. The Morgan fingerprint density at radius 2 is 1.50 bits per heavy atom. The Morgan fingerprint density at radius 1 is 0.913 bits per heavy atom. The van der Waals surface area contributed by atoms with Crippen molar-refractivity contribution in [3.63, 3.8) is 0 Å². The van der Waals surface area contributed by atoms with Crippen LogP contribution in [0.25, 0.3) is 0 Å². The largest absolute Gasteiger partial charge is 0.460 e. The molecule has 1 aromatic heterocycles. The molecule has 6 heteroatoms. The van der Waals surface area contributed by atoms with Gasteiger partial charge in [0.15, 0.2) is 0 Å². The van der Waals surface area contributed by atoms with Gasteiger partial charge in [0.05, 0.1) is 12.1 Å². The topological polar surface area (TPSA) is 61.6 Å². The summed E-state index contributed by atoms with van der Waals surface area (Å²) in [6, 6.07) is 21.6. The number of rotatable bonds is 14. The van der Waals surface area contributed by atoms with Crippen LogP contribution in [0.4, 0.5) is 0 Å². The van der Waals surface area contributed by atoms with Crippen LogP contribution in [0.1, 0.15) is 142 Å². The van der Waals surface area contributed by atoms with E-state index in [1.807, 2.05) is 20.8 Å². The first kappa shape index (κ1) is 34.6. The molecule has 0 spiro atoms. The number of carbonyl (C=O) groups excluding carboxylic acids is 1. The number of carbonyl (C=O) groups is 1. The van der Waals surface area contributed by atoms with Crippen molar-refractivity contribution in [3.05, 3.63) is 77.7 Å². The van der Waals surface area contributed by atoms with E-state index in [2.05, 4.69) is 95.3 Å². The third-order valence-corrected chi connectivity index (χ3v) is 14.9. The van der Waals surface area contributed by atoms with Crippen LogP contribution in [-0.4, -0.2) is 31.7 Å². The minimum atomic E-state index is -2.64. The fourth-order valence-corrected chi connectivity index (χ4v) is 12.3. The average molecular weight is 644 g/mol. The van der Waals surface area contributed by atoms with Gasteiger partial charge in [-0.15, -0.1) is 0 Å². The maximum Gasteiger partial charge on any atom is 0.306 e. The number of aromatic nitrogens is 1. The molecule has 1 atom stereocenters. The molecule has 2 saturated carbocycles. The molecule has 2 aromatic carbocycles. The molecule has 0 N–H and O–H groups in total. The molecule has 2 aliphatic carbocycles. The Hall–Kier alpha value is -2.70. The maximum absolute atomic E-state index is 13.3. The summed E-state index contributed by atoms with van der Waals surface area (Å²) in [6.07, 6.45) is 7.95. The Kier molecular flexibility index (Phi) is 10.7. The molecule has 1 heterocycles. The second-order valence-electron chi connectivity index (χ2n) is 16.4. The van der Waals surface area contributed by atoms with Gasteiger partial charge in [-0.3, -0.25) is 4.79 Å². The van der Waals surface area contributed by atoms with Crippen LogP contribution in [0.5, 0.6) is 0 Å². The first-order chi connectivity index (χ1) is 21.8. The number of nitrogens with zero attached hydrogens (tertiary/aromatic N) is 1. The SMILES string of the molecule is CC(C)C[C@H]1C[C@@H](c2onc([C@@H](CCCO[Si](c3ccccc3)(c3ccccc3)C(C)(C)C)CC(=O)OC(C)(C)C)c2C2CC2)C1. The second-order valence-corrected chi connectivity index (χ2v) is 20.7. The fraction of sp³-hybridized carbons (Fsp3) is 0.600. The zero-order valence-electron chi connectivity index (χ0n) is 29.6. The van der Waals surface area contributed by atoms with Gasteiger partial charge in [-0.2, -0.15) is 0 Å². The quantitative estimate of drug-likeness (QED) is 0.0996. The minimum absolute atomic E-state index is 0.0581. The van der Waals surface area contributed by atoms with Gasteiger partial charge in [-0.1, -0.05) is 100 Å². The van der Waals surface area contributed by atoms with Crippen LogP contribution in [-0.2, 0) is 14.0 Å². The fourth-order valence-electron chi connectivity index (χ4n) is 7.74. The van der Waals surface area contributed by atoms with E-state index in [1.54, 1.807) is 0 Å². The van der Waals surface area contributed by atoms with Crippen molar-refractivity contribution in [3.8, 4) is 0 Å². The molecular formula is C40H57NO4Si. The Labute approximate surface area is 279 Å². The van der Waals surface area contributed by atoms with Gasteiger partial charge in [0.2, 0.25) is 0 Å². The third kappa shape index (κ3) is 8.05. The normalized spacial score (nSPS) is 19.6. The van der Waals surface area contributed by atoms with Crippen LogP contribution >= 0.6 is 0 Å². The van der Waals surface area contributed by atoms with Gasteiger partial charge in [0.25, 0.3) is 8.32 Å².